The quantitative estimate of drug-likeness (QED) is 0.828. The molecule has 2 aliphatic rings. The van der Waals surface area contributed by atoms with Crippen LogP contribution >= 0.6 is 0 Å². The number of hydrogen-bond acceptors (Lipinski definition) is 1. The van der Waals surface area contributed by atoms with Crippen LogP contribution in [-0.2, 0) is 5.60 Å². The Labute approximate surface area is 102 Å². The highest BCUT2D eigenvalue weighted by molar-refractivity contribution is 5.24. The summed E-state index contributed by atoms with van der Waals surface area (Å²) in [6, 6.07) is 6.49. The first-order valence-corrected chi connectivity index (χ1v) is 6.66. The lowest BCUT2D eigenvalue weighted by atomic mass is 9.73. The van der Waals surface area contributed by atoms with E-state index in [0.717, 1.165) is 30.7 Å². The lowest BCUT2D eigenvalue weighted by Crippen LogP contribution is -2.33. The Morgan fingerprint density at radius 1 is 1.18 bits per heavy atom. The van der Waals surface area contributed by atoms with Crippen molar-refractivity contribution in [3.8, 4) is 0 Å². The average Bonchev–Trinajstić information content (AvgIpc) is 3.13. The Kier molecular flexibility index (Phi) is 2.70. The van der Waals surface area contributed by atoms with E-state index in [0.29, 0.717) is 5.92 Å². The van der Waals surface area contributed by atoms with Gasteiger partial charge in [0.25, 0.3) is 0 Å². The van der Waals surface area contributed by atoms with Gasteiger partial charge >= 0.3 is 0 Å². The molecule has 1 aromatic carbocycles. The minimum absolute atomic E-state index is 0.246. The van der Waals surface area contributed by atoms with Gasteiger partial charge in [0.05, 0.1) is 5.60 Å². The molecule has 0 bridgehead atoms. The van der Waals surface area contributed by atoms with Crippen molar-refractivity contribution < 1.29 is 9.50 Å². The lowest BCUT2D eigenvalue weighted by Gasteiger charge is -2.37. The summed E-state index contributed by atoms with van der Waals surface area (Å²) in [7, 11) is 0. The van der Waals surface area contributed by atoms with E-state index in [1.165, 1.54) is 31.4 Å². The molecule has 2 fully saturated rings. The van der Waals surface area contributed by atoms with Crippen LogP contribution in [0, 0.1) is 17.7 Å². The monoisotopic (exact) mass is 234 g/mol. The highest BCUT2D eigenvalue weighted by Gasteiger charge is 2.41. The van der Waals surface area contributed by atoms with Gasteiger partial charge < -0.3 is 5.11 Å². The fourth-order valence-corrected chi connectivity index (χ4v) is 3.30. The van der Waals surface area contributed by atoms with Crippen molar-refractivity contribution in [1.82, 2.24) is 0 Å². The van der Waals surface area contributed by atoms with Gasteiger partial charge in [0.15, 0.2) is 0 Å². The molecule has 0 aliphatic heterocycles. The molecular weight excluding hydrogens is 215 g/mol. The molecule has 0 spiro atoms. The third-order valence-corrected chi connectivity index (χ3v) is 4.42. The van der Waals surface area contributed by atoms with Crippen LogP contribution in [0.4, 0.5) is 4.39 Å². The Hall–Kier alpha value is -0.890. The van der Waals surface area contributed by atoms with E-state index < -0.39 is 5.60 Å². The Bertz CT molecular complexity index is 413. The SMILES string of the molecule is OC1(c2cccc(F)c2)CCCC(C2CC2)C1. The largest absolute Gasteiger partial charge is 0.385 e. The van der Waals surface area contributed by atoms with Gasteiger partial charge in [-0.3, -0.25) is 0 Å². The summed E-state index contributed by atoms with van der Waals surface area (Å²) in [5.41, 5.74) is -0.0176. The molecule has 2 atom stereocenters. The van der Waals surface area contributed by atoms with Crippen molar-refractivity contribution in [2.45, 2.75) is 44.1 Å². The molecule has 1 N–H and O–H groups in total. The third-order valence-electron chi connectivity index (χ3n) is 4.42. The summed E-state index contributed by atoms with van der Waals surface area (Å²) in [4.78, 5) is 0. The molecule has 2 saturated carbocycles. The summed E-state index contributed by atoms with van der Waals surface area (Å²) in [5, 5.41) is 10.7. The van der Waals surface area contributed by atoms with Gasteiger partial charge in [-0.1, -0.05) is 12.1 Å². The molecule has 0 saturated heterocycles. The van der Waals surface area contributed by atoms with Crippen molar-refractivity contribution in [1.29, 1.82) is 0 Å². The van der Waals surface area contributed by atoms with E-state index in [2.05, 4.69) is 0 Å². The van der Waals surface area contributed by atoms with Gasteiger partial charge in [0, 0.05) is 0 Å². The molecule has 0 amide bonds. The van der Waals surface area contributed by atoms with Crippen molar-refractivity contribution in [2.24, 2.45) is 11.8 Å². The molecule has 2 aliphatic carbocycles. The fourth-order valence-electron chi connectivity index (χ4n) is 3.30. The Morgan fingerprint density at radius 2 is 2.00 bits per heavy atom. The van der Waals surface area contributed by atoms with E-state index in [1.54, 1.807) is 6.07 Å². The first-order chi connectivity index (χ1) is 8.17. The zero-order chi connectivity index (χ0) is 11.9. The highest BCUT2D eigenvalue weighted by Crippen LogP contribution is 2.49. The molecule has 2 heteroatoms. The van der Waals surface area contributed by atoms with Crippen LogP contribution in [0.2, 0.25) is 0 Å². The standard InChI is InChI=1S/C15H19FO/c16-14-5-1-4-13(9-14)15(17)8-2-3-12(10-15)11-6-7-11/h1,4-5,9,11-12,17H,2-3,6-8,10H2. The predicted molar refractivity (Wildman–Crippen MR) is 65.0 cm³/mol. The average molecular weight is 234 g/mol. The van der Waals surface area contributed by atoms with Gasteiger partial charge in [-0.25, -0.2) is 4.39 Å². The van der Waals surface area contributed by atoms with Crippen LogP contribution < -0.4 is 0 Å². The minimum atomic E-state index is -0.784. The normalized spacial score (nSPS) is 33.6. The van der Waals surface area contributed by atoms with Gasteiger partial charge in [-0.15, -0.1) is 0 Å². The topological polar surface area (TPSA) is 20.2 Å². The maximum atomic E-state index is 13.2. The highest BCUT2D eigenvalue weighted by atomic mass is 19.1. The molecule has 3 rings (SSSR count). The van der Waals surface area contributed by atoms with Crippen molar-refractivity contribution in [3.05, 3.63) is 35.6 Å². The van der Waals surface area contributed by atoms with E-state index in [-0.39, 0.29) is 5.82 Å². The zero-order valence-corrected chi connectivity index (χ0v) is 10.0. The minimum Gasteiger partial charge on any atom is -0.385 e. The smallest absolute Gasteiger partial charge is 0.123 e. The van der Waals surface area contributed by atoms with Gasteiger partial charge in [0.1, 0.15) is 5.82 Å². The van der Waals surface area contributed by atoms with Crippen LogP contribution in [0.15, 0.2) is 24.3 Å². The van der Waals surface area contributed by atoms with Crippen LogP contribution in [0.1, 0.15) is 44.1 Å². The number of aliphatic hydroxyl groups is 1. The number of halogens is 1. The van der Waals surface area contributed by atoms with E-state index in [9.17, 15) is 9.50 Å². The molecule has 0 heterocycles. The third kappa shape index (κ3) is 2.23. The molecule has 17 heavy (non-hydrogen) atoms. The second kappa shape index (κ2) is 4.09. The number of benzene rings is 1. The maximum absolute atomic E-state index is 13.2. The summed E-state index contributed by atoms with van der Waals surface area (Å²) >= 11 is 0. The Balaban J connectivity index is 1.83. The second-order valence-corrected chi connectivity index (χ2v) is 5.74. The summed E-state index contributed by atoms with van der Waals surface area (Å²) in [5.74, 6) is 1.23. The van der Waals surface area contributed by atoms with Gasteiger partial charge in [-0.2, -0.15) is 0 Å². The summed E-state index contributed by atoms with van der Waals surface area (Å²) in [6.45, 7) is 0. The van der Waals surface area contributed by atoms with Crippen molar-refractivity contribution >= 4 is 0 Å². The molecular formula is C15H19FO. The van der Waals surface area contributed by atoms with Crippen molar-refractivity contribution in [3.63, 3.8) is 0 Å². The molecule has 0 radical (unpaired) electrons. The molecule has 1 nitrogen and oxygen atoms in total. The first-order valence-electron chi connectivity index (χ1n) is 6.66. The van der Waals surface area contributed by atoms with E-state index in [4.69, 9.17) is 0 Å². The van der Waals surface area contributed by atoms with E-state index >= 15 is 0 Å². The lowest BCUT2D eigenvalue weighted by molar-refractivity contribution is -0.0253. The van der Waals surface area contributed by atoms with Gasteiger partial charge in [-0.05, 0) is 68.1 Å². The summed E-state index contributed by atoms with van der Waals surface area (Å²) < 4.78 is 13.2. The molecule has 92 valence electrons. The Morgan fingerprint density at radius 3 is 2.71 bits per heavy atom. The molecule has 1 aromatic rings. The number of rotatable bonds is 2. The van der Waals surface area contributed by atoms with Gasteiger partial charge in [0.2, 0.25) is 0 Å². The molecule has 0 aromatic heterocycles. The van der Waals surface area contributed by atoms with Crippen LogP contribution in [0.5, 0.6) is 0 Å². The number of hydrogen-bond donors (Lipinski definition) is 1. The van der Waals surface area contributed by atoms with Crippen LogP contribution in [0.3, 0.4) is 0 Å². The summed E-state index contributed by atoms with van der Waals surface area (Å²) in [6.07, 6.45) is 6.55. The van der Waals surface area contributed by atoms with Crippen LogP contribution in [0.25, 0.3) is 0 Å². The maximum Gasteiger partial charge on any atom is 0.123 e. The first kappa shape index (κ1) is 11.2. The van der Waals surface area contributed by atoms with Crippen LogP contribution in [-0.4, -0.2) is 5.11 Å². The fraction of sp³-hybridized carbons (Fsp3) is 0.600. The predicted octanol–water partition coefficient (Wildman–Crippen LogP) is 3.61. The van der Waals surface area contributed by atoms with Crippen molar-refractivity contribution in [2.75, 3.05) is 0 Å². The molecule has 2 unspecified atom stereocenters. The zero-order valence-electron chi connectivity index (χ0n) is 10.0. The van der Waals surface area contributed by atoms with E-state index in [1.807, 2.05) is 6.07 Å². The second-order valence-electron chi connectivity index (χ2n) is 5.74.